The molecule has 0 spiro atoms. The smallest absolute Gasteiger partial charge is 0.277 e. The molecule has 0 fully saturated rings. The molecule has 0 aliphatic rings. The van der Waals surface area contributed by atoms with Crippen molar-refractivity contribution in [2.24, 2.45) is 0 Å². The van der Waals surface area contributed by atoms with E-state index in [0.29, 0.717) is 11.1 Å². The van der Waals surface area contributed by atoms with Crippen molar-refractivity contribution in [2.75, 3.05) is 0 Å². The Kier molecular flexibility index (Phi) is 2.66. The molecule has 0 unspecified atom stereocenters. The number of nitro benzene ring substituents is 1. The molecule has 0 saturated heterocycles. The molecular formula is C12H9NO4. The summed E-state index contributed by atoms with van der Waals surface area (Å²) in [5, 5.41) is 29.6. The molecule has 0 saturated carbocycles. The summed E-state index contributed by atoms with van der Waals surface area (Å²) < 4.78 is 0. The minimum atomic E-state index is -0.504. The Balaban J connectivity index is 2.64. The second-order valence-electron chi connectivity index (χ2n) is 3.51. The molecule has 0 radical (unpaired) electrons. The van der Waals surface area contributed by atoms with Crippen molar-refractivity contribution < 1.29 is 15.1 Å². The lowest BCUT2D eigenvalue weighted by Gasteiger charge is -2.04. The van der Waals surface area contributed by atoms with Gasteiger partial charge in [-0.1, -0.05) is 12.1 Å². The Bertz CT molecular complexity index is 560. The first-order valence-corrected chi connectivity index (χ1v) is 4.85. The van der Waals surface area contributed by atoms with Crippen LogP contribution in [0.25, 0.3) is 11.1 Å². The number of hydrogen-bond acceptors (Lipinski definition) is 4. The molecule has 0 aromatic heterocycles. The van der Waals surface area contributed by atoms with Gasteiger partial charge < -0.3 is 10.2 Å². The Labute approximate surface area is 96.7 Å². The first-order valence-electron chi connectivity index (χ1n) is 4.85. The molecule has 5 heteroatoms. The standard InChI is InChI=1S/C12H9NO4/c14-9-5-8(6-10(15)7-9)11-3-1-2-4-12(11)13(16)17/h1-7,14-15H. The van der Waals surface area contributed by atoms with Crippen LogP contribution in [0, 0.1) is 10.1 Å². The topological polar surface area (TPSA) is 83.6 Å². The van der Waals surface area contributed by atoms with Crippen molar-refractivity contribution in [3.63, 3.8) is 0 Å². The highest BCUT2D eigenvalue weighted by Gasteiger charge is 2.14. The minimum Gasteiger partial charge on any atom is -0.508 e. The van der Waals surface area contributed by atoms with Crippen LogP contribution in [-0.4, -0.2) is 15.1 Å². The number of hydrogen-bond donors (Lipinski definition) is 2. The van der Waals surface area contributed by atoms with Gasteiger partial charge in [0.2, 0.25) is 0 Å². The maximum absolute atomic E-state index is 10.8. The lowest BCUT2D eigenvalue weighted by molar-refractivity contribution is -0.384. The minimum absolute atomic E-state index is 0.0718. The average molecular weight is 231 g/mol. The maximum atomic E-state index is 10.8. The summed E-state index contributed by atoms with van der Waals surface area (Å²) >= 11 is 0. The summed E-state index contributed by atoms with van der Waals surface area (Å²) in [4.78, 5) is 10.3. The van der Waals surface area contributed by atoms with E-state index >= 15 is 0 Å². The number of nitro groups is 1. The van der Waals surface area contributed by atoms with Crippen molar-refractivity contribution in [3.05, 3.63) is 52.6 Å². The van der Waals surface area contributed by atoms with Crippen molar-refractivity contribution in [3.8, 4) is 22.6 Å². The molecule has 2 rings (SSSR count). The van der Waals surface area contributed by atoms with Gasteiger partial charge in [0.05, 0.1) is 10.5 Å². The Morgan fingerprint density at radius 3 is 2.18 bits per heavy atom. The van der Waals surface area contributed by atoms with Gasteiger partial charge in [0.15, 0.2) is 0 Å². The van der Waals surface area contributed by atoms with Crippen LogP contribution in [0.1, 0.15) is 0 Å². The third-order valence-corrected chi connectivity index (χ3v) is 2.31. The highest BCUT2D eigenvalue weighted by molar-refractivity contribution is 5.75. The maximum Gasteiger partial charge on any atom is 0.277 e. The first-order chi connectivity index (χ1) is 8.08. The molecule has 0 aliphatic carbocycles. The third-order valence-electron chi connectivity index (χ3n) is 2.31. The lowest BCUT2D eigenvalue weighted by Crippen LogP contribution is -1.91. The quantitative estimate of drug-likeness (QED) is 0.614. The third kappa shape index (κ3) is 2.17. The number of rotatable bonds is 2. The molecule has 0 aliphatic heterocycles. The lowest BCUT2D eigenvalue weighted by atomic mass is 10.0. The summed E-state index contributed by atoms with van der Waals surface area (Å²) in [6, 6.07) is 10.0. The van der Waals surface area contributed by atoms with Gasteiger partial charge in [0.25, 0.3) is 5.69 Å². The number of para-hydroxylation sites is 1. The Morgan fingerprint density at radius 1 is 1.00 bits per heavy atom. The van der Waals surface area contributed by atoms with Gasteiger partial charge in [-0.15, -0.1) is 0 Å². The number of phenolic OH excluding ortho intramolecular Hbond substituents is 2. The summed E-state index contributed by atoms with van der Waals surface area (Å²) in [7, 11) is 0. The second kappa shape index (κ2) is 4.13. The molecular weight excluding hydrogens is 222 g/mol. The Morgan fingerprint density at radius 2 is 1.59 bits per heavy atom. The van der Waals surface area contributed by atoms with E-state index in [4.69, 9.17) is 0 Å². The highest BCUT2D eigenvalue weighted by atomic mass is 16.6. The molecule has 86 valence electrons. The molecule has 0 atom stereocenters. The molecule has 0 bridgehead atoms. The van der Waals surface area contributed by atoms with Gasteiger partial charge in [-0.25, -0.2) is 0 Å². The van der Waals surface area contributed by atoms with E-state index in [9.17, 15) is 20.3 Å². The van der Waals surface area contributed by atoms with Gasteiger partial charge in [-0.3, -0.25) is 10.1 Å². The van der Waals surface area contributed by atoms with Gasteiger partial charge in [0, 0.05) is 12.1 Å². The summed E-state index contributed by atoms with van der Waals surface area (Å²) in [5.41, 5.74) is 0.677. The zero-order valence-corrected chi connectivity index (χ0v) is 8.70. The summed E-state index contributed by atoms with van der Waals surface area (Å²) in [6.07, 6.45) is 0. The van der Waals surface area contributed by atoms with Gasteiger partial charge in [-0.2, -0.15) is 0 Å². The normalized spacial score (nSPS) is 10.1. The van der Waals surface area contributed by atoms with Crippen LogP contribution in [-0.2, 0) is 0 Å². The zero-order valence-electron chi connectivity index (χ0n) is 8.70. The molecule has 2 aromatic carbocycles. The van der Waals surface area contributed by atoms with E-state index in [1.807, 2.05) is 0 Å². The largest absolute Gasteiger partial charge is 0.508 e. The fourth-order valence-electron chi connectivity index (χ4n) is 1.63. The Hall–Kier alpha value is -2.56. The summed E-state index contributed by atoms with van der Waals surface area (Å²) in [6.45, 7) is 0. The van der Waals surface area contributed by atoms with Crippen LogP contribution in [0.5, 0.6) is 11.5 Å². The fraction of sp³-hybridized carbons (Fsp3) is 0. The summed E-state index contributed by atoms with van der Waals surface area (Å²) in [5.74, 6) is -0.281. The van der Waals surface area contributed by atoms with E-state index in [0.717, 1.165) is 6.07 Å². The van der Waals surface area contributed by atoms with Crippen molar-refractivity contribution >= 4 is 5.69 Å². The zero-order chi connectivity index (χ0) is 12.4. The van der Waals surface area contributed by atoms with Crippen LogP contribution in [0.2, 0.25) is 0 Å². The van der Waals surface area contributed by atoms with E-state index < -0.39 is 4.92 Å². The highest BCUT2D eigenvalue weighted by Crippen LogP contribution is 2.33. The van der Waals surface area contributed by atoms with Crippen LogP contribution in [0.15, 0.2) is 42.5 Å². The molecule has 17 heavy (non-hydrogen) atoms. The van der Waals surface area contributed by atoms with Gasteiger partial charge in [-0.05, 0) is 23.8 Å². The monoisotopic (exact) mass is 231 g/mol. The van der Waals surface area contributed by atoms with E-state index in [1.54, 1.807) is 18.2 Å². The van der Waals surface area contributed by atoms with Crippen LogP contribution in [0.3, 0.4) is 0 Å². The predicted octanol–water partition coefficient (Wildman–Crippen LogP) is 2.67. The second-order valence-corrected chi connectivity index (χ2v) is 3.51. The SMILES string of the molecule is O=[N+]([O-])c1ccccc1-c1cc(O)cc(O)c1. The van der Waals surface area contributed by atoms with E-state index in [2.05, 4.69) is 0 Å². The fourth-order valence-corrected chi connectivity index (χ4v) is 1.63. The number of nitrogens with zero attached hydrogens (tertiary/aromatic N) is 1. The first kappa shape index (κ1) is 10.9. The van der Waals surface area contributed by atoms with Gasteiger partial charge in [0.1, 0.15) is 11.5 Å². The van der Waals surface area contributed by atoms with Crippen LogP contribution >= 0.6 is 0 Å². The molecule has 2 N–H and O–H groups in total. The van der Waals surface area contributed by atoms with E-state index in [1.165, 1.54) is 18.2 Å². The van der Waals surface area contributed by atoms with Crippen LogP contribution < -0.4 is 0 Å². The number of phenols is 2. The number of benzene rings is 2. The molecule has 2 aromatic rings. The van der Waals surface area contributed by atoms with Crippen LogP contribution in [0.4, 0.5) is 5.69 Å². The van der Waals surface area contributed by atoms with Gasteiger partial charge >= 0.3 is 0 Å². The van der Waals surface area contributed by atoms with E-state index in [-0.39, 0.29) is 17.2 Å². The molecule has 5 nitrogen and oxygen atoms in total. The van der Waals surface area contributed by atoms with Crippen molar-refractivity contribution in [1.82, 2.24) is 0 Å². The average Bonchev–Trinajstić information content (AvgIpc) is 2.27. The predicted molar refractivity (Wildman–Crippen MR) is 61.9 cm³/mol. The van der Waals surface area contributed by atoms with Crippen molar-refractivity contribution in [1.29, 1.82) is 0 Å². The molecule has 0 amide bonds. The molecule has 0 heterocycles. The van der Waals surface area contributed by atoms with Crippen molar-refractivity contribution in [2.45, 2.75) is 0 Å². The number of aromatic hydroxyl groups is 2.